The Morgan fingerprint density at radius 3 is 2.17 bits per heavy atom. The first-order valence-corrected chi connectivity index (χ1v) is 8.04. The van der Waals surface area contributed by atoms with Crippen LogP contribution in [-0.2, 0) is 4.79 Å². The summed E-state index contributed by atoms with van der Waals surface area (Å²) in [6.07, 6.45) is 0. The SMILES string of the molecule is COc1ccc(Cl)cc1C(=O)N1CCN(C(=O)C(C)(C)C)CC1. The molecule has 5 nitrogen and oxygen atoms in total. The molecule has 1 aliphatic rings. The lowest BCUT2D eigenvalue weighted by Crippen LogP contribution is -2.53. The maximum absolute atomic E-state index is 12.7. The second kappa shape index (κ2) is 6.79. The number of hydrogen-bond donors (Lipinski definition) is 0. The zero-order valence-corrected chi connectivity index (χ0v) is 14.8. The fourth-order valence-corrected chi connectivity index (χ4v) is 2.78. The summed E-state index contributed by atoms with van der Waals surface area (Å²) in [4.78, 5) is 28.5. The van der Waals surface area contributed by atoms with Crippen LogP contribution in [0.25, 0.3) is 0 Å². The van der Waals surface area contributed by atoms with E-state index in [9.17, 15) is 9.59 Å². The van der Waals surface area contributed by atoms with Crippen LogP contribution >= 0.6 is 11.6 Å². The Labute approximate surface area is 142 Å². The Balaban J connectivity index is 2.07. The van der Waals surface area contributed by atoms with Gasteiger partial charge in [-0.05, 0) is 18.2 Å². The summed E-state index contributed by atoms with van der Waals surface area (Å²) in [7, 11) is 1.53. The average molecular weight is 339 g/mol. The molecule has 0 aromatic heterocycles. The van der Waals surface area contributed by atoms with Gasteiger partial charge in [-0.15, -0.1) is 0 Å². The standard InChI is InChI=1S/C17H23ClN2O3/c1-17(2,3)16(22)20-9-7-19(8-10-20)15(21)13-11-12(18)5-6-14(13)23-4/h5-6,11H,7-10H2,1-4H3. The number of rotatable bonds is 2. The molecule has 6 heteroatoms. The third kappa shape index (κ3) is 3.96. The van der Waals surface area contributed by atoms with Crippen molar-refractivity contribution in [3.8, 4) is 5.75 Å². The molecule has 0 saturated carbocycles. The molecule has 0 atom stereocenters. The van der Waals surface area contributed by atoms with E-state index in [2.05, 4.69) is 0 Å². The first-order valence-electron chi connectivity index (χ1n) is 7.66. The van der Waals surface area contributed by atoms with E-state index >= 15 is 0 Å². The number of carbonyl (C=O) groups is 2. The molecule has 1 heterocycles. The quantitative estimate of drug-likeness (QED) is 0.833. The topological polar surface area (TPSA) is 49.9 Å². The van der Waals surface area contributed by atoms with E-state index < -0.39 is 5.41 Å². The van der Waals surface area contributed by atoms with Crippen molar-refractivity contribution < 1.29 is 14.3 Å². The molecule has 1 saturated heterocycles. The molecule has 2 rings (SSSR count). The van der Waals surface area contributed by atoms with Gasteiger partial charge in [0.1, 0.15) is 5.75 Å². The number of piperazine rings is 1. The van der Waals surface area contributed by atoms with Crippen LogP contribution in [0.1, 0.15) is 31.1 Å². The lowest BCUT2D eigenvalue weighted by Gasteiger charge is -2.37. The van der Waals surface area contributed by atoms with Gasteiger partial charge in [-0.2, -0.15) is 0 Å². The number of halogens is 1. The molecule has 0 radical (unpaired) electrons. The number of benzene rings is 1. The van der Waals surface area contributed by atoms with Gasteiger partial charge < -0.3 is 14.5 Å². The second-order valence-electron chi connectivity index (χ2n) is 6.68. The number of hydrogen-bond acceptors (Lipinski definition) is 3. The molecular weight excluding hydrogens is 316 g/mol. The summed E-state index contributed by atoms with van der Waals surface area (Å²) in [5, 5.41) is 0.496. The van der Waals surface area contributed by atoms with Gasteiger partial charge in [0.25, 0.3) is 5.91 Å². The average Bonchev–Trinajstić information content (AvgIpc) is 2.52. The number of methoxy groups -OCH3 is 1. The third-order valence-electron chi connectivity index (χ3n) is 3.89. The second-order valence-corrected chi connectivity index (χ2v) is 7.12. The predicted molar refractivity (Wildman–Crippen MR) is 89.9 cm³/mol. The largest absolute Gasteiger partial charge is 0.496 e. The van der Waals surface area contributed by atoms with Gasteiger partial charge in [0.2, 0.25) is 5.91 Å². The van der Waals surface area contributed by atoms with Crippen LogP contribution in [0.15, 0.2) is 18.2 Å². The zero-order chi connectivity index (χ0) is 17.2. The molecule has 2 amide bonds. The Morgan fingerprint density at radius 1 is 1.09 bits per heavy atom. The van der Waals surface area contributed by atoms with Gasteiger partial charge in [-0.1, -0.05) is 32.4 Å². The van der Waals surface area contributed by atoms with Crippen LogP contribution < -0.4 is 4.74 Å². The van der Waals surface area contributed by atoms with Crippen molar-refractivity contribution in [2.24, 2.45) is 5.41 Å². The van der Waals surface area contributed by atoms with E-state index in [1.165, 1.54) is 7.11 Å². The number of amides is 2. The van der Waals surface area contributed by atoms with Crippen LogP contribution in [0.2, 0.25) is 5.02 Å². The fourth-order valence-electron chi connectivity index (χ4n) is 2.60. The summed E-state index contributed by atoms with van der Waals surface area (Å²) in [5.74, 6) is 0.504. The van der Waals surface area contributed by atoms with Crippen molar-refractivity contribution >= 4 is 23.4 Å². The Bertz CT molecular complexity index is 602. The number of ether oxygens (including phenoxy) is 1. The maximum atomic E-state index is 12.7. The third-order valence-corrected chi connectivity index (χ3v) is 4.12. The fraction of sp³-hybridized carbons (Fsp3) is 0.529. The van der Waals surface area contributed by atoms with Gasteiger partial charge in [-0.3, -0.25) is 9.59 Å². The first-order chi connectivity index (χ1) is 10.7. The molecule has 1 aromatic rings. The lowest BCUT2D eigenvalue weighted by atomic mass is 9.94. The van der Waals surface area contributed by atoms with E-state index in [-0.39, 0.29) is 11.8 Å². The summed E-state index contributed by atoms with van der Waals surface area (Å²) in [6, 6.07) is 5.00. The molecule has 0 bridgehead atoms. The Hall–Kier alpha value is -1.75. The highest BCUT2D eigenvalue weighted by molar-refractivity contribution is 6.31. The highest BCUT2D eigenvalue weighted by Crippen LogP contribution is 2.25. The maximum Gasteiger partial charge on any atom is 0.257 e. The number of carbonyl (C=O) groups excluding carboxylic acids is 2. The van der Waals surface area contributed by atoms with Crippen LogP contribution in [0.3, 0.4) is 0 Å². The normalized spacial score (nSPS) is 15.5. The van der Waals surface area contributed by atoms with E-state index in [4.69, 9.17) is 16.3 Å². The number of nitrogens with zero attached hydrogens (tertiary/aromatic N) is 2. The van der Waals surface area contributed by atoms with Crippen molar-refractivity contribution in [2.45, 2.75) is 20.8 Å². The van der Waals surface area contributed by atoms with Gasteiger partial charge in [0.15, 0.2) is 0 Å². The predicted octanol–water partition coefficient (Wildman–Crippen LogP) is 2.68. The summed E-state index contributed by atoms with van der Waals surface area (Å²) < 4.78 is 5.25. The van der Waals surface area contributed by atoms with E-state index in [0.717, 1.165) is 0 Å². The summed E-state index contributed by atoms with van der Waals surface area (Å²) in [5.41, 5.74) is 0.0538. The molecule has 1 aliphatic heterocycles. The molecule has 0 unspecified atom stereocenters. The van der Waals surface area contributed by atoms with Crippen molar-refractivity contribution in [1.82, 2.24) is 9.80 Å². The minimum absolute atomic E-state index is 0.116. The van der Waals surface area contributed by atoms with Crippen molar-refractivity contribution in [1.29, 1.82) is 0 Å². The lowest BCUT2D eigenvalue weighted by molar-refractivity contribution is -0.140. The van der Waals surface area contributed by atoms with Crippen LogP contribution in [0, 0.1) is 5.41 Å². The van der Waals surface area contributed by atoms with Gasteiger partial charge >= 0.3 is 0 Å². The molecule has 23 heavy (non-hydrogen) atoms. The molecule has 0 aliphatic carbocycles. The van der Waals surface area contributed by atoms with E-state index in [0.29, 0.717) is 42.5 Å². The Kier molecular flexibility index (Phi) is 5.19. The molecule has 0 spiro atoms. The zero-order valence-electron chi connectivity index (χ0n) is 14.1. The van der Waals surface area contributed by atoms with Crippen molar-refractivity contribution in [2.75, 3.05) is 33.3 Å². The highest BCUT2D eigenvalue weighted by Gasteiger charge is 2.31. The van der Waals surface area contributed by atoms with Crippen LogP contribution in [0.4, 0.5) is 0 Å². The minimum Gasteiger partial charge on any atom is -0.496 e. The van der Waals surface area contributed by atoms with Crippen molar-refractivity contribution in [3.05, 3.63) is 28.8 Å². The van der Waals surface area contributed by atoms with Gasteiger partial charge in [0, 0.05) is 36.6 Å². The van der Waals surface area contributed by atoms with Gasteiger partial charge in [0.05, 0.1) is 12.7 Å². The summed E-state index contributed by atoms with van der Waals surface area (Å²) >= 11 is 5.99. The Morgan fingerprint density at radius 2 is 1.65 bits per heavy atom. The molecule has 126 valence electrons. The molecule has 1 fully saturated rings. The smallest absolute Gasteiger partial charge is 0.257 e. The highest BCUT2D eigenvalue weighted by atomic mass is 35.5. The molecular formula is C17H23ClN2O3. The van der Waals surface area contributed by atoms with Crippen LogP contribution in [0.5, 0.6) is 5.75 Å². The van der Waals surface area contributed by atoms with Crippen molar-refractivity contribution in [3.63, 3.8) is 0 Å². The molecule has 0 N–H and O–H groups in total. The molecule has 1 aromatic carbocycles. The minimum atomic E-state index is -0.400. The van der Waals surface area contributed by atoms with Gasteiger partial charge in [-0.25, -0.2) is 0 Å². The first kappa shape index (κ1) is 17.6. The van der Waals surface area contributed by atoms with Crippen LogP contribution in [-0.4, -0.2) is 54.9 Å². The van der Waals surface area contributed by atoms with E-state index in [1.54, 1.807) is 23.1 Å². The summed E-state index contributed by atoms with van der Waals surface area (Å²) in [6.45, 7) is 7.83. The van der Waals surface area contributed by atoms with E-state index in [1.807, 2.05) is 25.7 Å². The monoisotopic (exact) mass is 338 g/mol.